The minimum absolute atomic E-state index is 0.276. The summed E-state index contributed by atoms with van der Waals surface area (Å²) in [5.41, 5.74) is 0.710. The maximum absolute atomic E-state index is 12.9. The Kier molecular flexibility index (Phi) is 4.81. The molecule has 0 bridgehead atoms. The van der Waals surface area contributed by atoms with Gasteiger partial charge < -0.3 is 19.7 Å². The lowest BCUT2D eigenvalue weighted by Gasteiger charge is -2.38. The number of anilines is 1. The largest absolute Gasteiger partial charge is 0.497 e. The summed E-state index contributed by atoms with van der Waals surface area (Å²) in [6.07, 6.45) is 1.29. The standard InChI is InChI=1S/C19H24N2O4/c1-4-21-10-8-19(9-11-21)16(13(2)18(23)25-19)17(22)20-14-6-5-7-15(12-14)24-3/h5-7,12H,4,8-11H2,1-3H3,(H,20,22). The number of carbonyl (C=O) groups excluding carboxylic acids is 2. The summed E-state index contributed by atoms with van der Waals surface area (Å²) in [7, 11) is 1.58. The summed E-state index contributed by atoms with van der Waals surface area (Å²) in [5, 5.41) is 2.88. The van der Waals surface area contributed by atoms with E-state index in [0.717, 1.165) is 19.6 Å². The Balaban J connectivity index is 1.84. The number of benzene rings is 1. The quantitative estimate of drug-likeness (QED) is 0.849. The molecule has 2 aliphatic heterocycles. The number of methoxy groups -OCH3 is 1. The van der Waals surface area contributed by atoms with Crippen molar-refractivity contribution in [3.8, 4) is 5.75 Å². The molecule has 0 aromatic heterocycles. The van der Waals surface area contributed by atoms with Crippen molar-refractivity contribution in [3.63, 3.8) is 0 Å². The lowest BCUT2D eigenvalue weighted by molar-refractivity contribution is -0.150. The summed E-state index contributed by atoms with van der Waals surface area (Å²) >= 11 is 0. The van der Waals surface area contributed by atoms with Gasteiger partial charge in [0.2, 0.25) is 0 Å². The van der Waals surface area contributed by atoms with Crippen LogP contribution in [-0.4, -0.2) is 49.1 Å². The third-order valence-electron chi connectivity index (χ3n) is 5.09. The number of esters is 1. The molecule has 2 aliphatic rings. The van der Waals surface area contributed by atoms with Crippen LogP contribution >= 0.6 is 0 Å². The average molecular weight is 344 g/mol. The van der Waals surface area contributed by atoms with Crippen molar-refractivity contribution in [2.45, 2.75) is 32.3 Å². The molecular formula is C19H24N2O4. The number of amides is 1. The van der Waals surface area contributed by atoms with Gasteiger partial charge in [-0.15, -0.1) is 0 Å². The molecule has 0 unspecified atom stereocenters. The van der Waals surface area contributed by atoms with E-state index in [1.54, 1.807) is 26.2 Å². The zero-order valence-electron chi connectivity index (χ0n) is 14.9. The lowest BCUT2D eigenvalue weighted by Crippen LogP contribution is -2.47. The van der Waals surface area contributed by atoms with E-state index < -0.39 is 5.60 Å². The number of hydrogen-bond donors (Lipinski definition) is 1. The minimum Gasteiger partial charge on any atom is -0.497 e. The second-order valence-corrected chi connectivity index (χ2v) is 6.50. The van der Waals surface area contributed by atoms with Gasteiger partial charge in [0.25, 0.3) is 5.91 Å². The Labute approximate surface area is 147 Å². The first-order valence-electron chi connectivity index (χ1n) is 8.61. The average Bonchev–Trinajstić information content (AvgIpc) is 2.86. The van der Waals surface area contributed by atoms with E-state index in [9.17, 15) is 9.59 Å². The van der Waals surface area contributed by atoms with Gasteiger partial charge in [-0.1, -0.05) is 13.0 Å². The van der Waals surface area contributed by atoms with Crippen molar-refractivity contribution in [3.05, 3.63) is 35.4 Å². The highest BCUT2D eigenvalue weighted by molar-refractivity contribution is 6.12. The van der Waals surface area contributed by atoms with Gasteiger partial charge in [0, 0.05) is 43.3 Å². The SMILES string of the molecule is CCN1CCC2(CC1)OC(=O)C(C)=C2C(=O)Nc1cccc(OC)c1. The van der Waals surface area contributed by atoms with Crippen LogP contribution in [0, 0.1) is 0 Å². The van der Waals surface area contributed by atoms with Crippen LogP contribution < -0.4 is 10.1 Å². The first kappa shape index (κ1) is 17.5. The van der Waals surface area contributed by atoms with Gasteiger partial charge in [-0.05, 0) is 25.6 Å². The Morgan fingerprint density at radius 2 is 2.08 bits per heavy atom. The van der Waals surface area contributed by atoms with E-state index in [2.05, 4.69) is 17.1 Å². The van der Waals surface area contributed by atoms with E-state index in [-0.39, 0.29) is 11.9 Å². The second-order valence-electron chi connectivity index (χ2n) is 6.50. The summed E-state index contributed by atoms with van der Waals surface area (Å²) in [4.78, 5) is 27.4. The monoisotopic (exact) mass is 344 g/mol. The van der Waals surface area contributed by atoms with Crippen molar-refractivity contribution in [2.75, 3.05) is 32.1 Å². The number of likely N-dealkylation sites (tertiary alicyclic amines) is 1. The molecule has 3 rings (SSSR count). The first-order valence-corrected chi connectivity index (χ1v) is 8.61. The molecule has 0 saturated carbocycles. The topological polar surface area (TPSA) is 67.9 Å². The van der Waals surface area contributed by atoms with Gasteiger partial charge >= 0.3 is 5.97 Å². The van der Waals surface area contributed by atoms with Crippen LogP contribution in [-0.2, 0) is 14.3 Å². The highest BCUT2D eigenvalue weighted by atomic mass is 16.6. The van der Waals surface area contributed by atoms with Crippen LogP contribution in [0.25, 0.3) is 0 Å². The van der Waals surface area contributed by atoms with Gasteiger partial charge in [0.05, 0.1) is 12.7 Å². The molecule has 2 heterocycles. The van der Waals surface area contributed by atoms with Crippen LogP contribution in [0.5, 0.6) is 5.75 Å². The van der Waals surface area contributed by atoms with Crippen molar-refractivity contribution < 1.29 is 19.1 Å². The molecular weight excluding hydrogens is 320 g/mol. The molecule has 1 N–H and O–H groups in total. The first-order chi connectivity index (χ1) is 12.0. The Morgan fingerprint density at radius 1 is 1.36 bits per heavy atom. The molecule has 6 nitrogen and oxygen atoms in total. The lowest BCUT2D eigenvalue weighted by atomic mass is 9.82. The normalized spacial score (nSPS) is 19.9. The fourth-order valence-corrected chi connectivity index (χ4v) is 3.60. The number of piperidine rings is 1. The molecule has 6 heteroatoms. The predicted octanol–water partition coefficient (Wildman–Crippen LogP) is 2.36. The van der Waals surface area contributed by atoms with Gasteiger partial charge in [-0.3, -0.25) is 4.79 Å². The van der Waals surface area contributed by atoms with Crippen LogP contribution in [0.4, 0.5) is 5.69 Å². The van der Waals surface area contributed by atoms with Crippen LogP contribution in [0.3, 0.4) is 0 Å². The van der Waals surface area contributed by atoms with Gasteiger partial charge in [-0.2, -0.15) is 0 Å². The van der Waals surface area contributed by atoms with Crippen molar-refractivity contribution >= 4 is 17.6 Å². The van der Waals surface area contributed by atoms with Crippen molar-refractivity contribution in [1.82, 2.24) is 4.90 Å². The van der Waals surface area contributed by atoms with Crippen LogP contribution in [0.15, 0.2) is 35.4 Å². The Bertz CT molecular complexity index is 718. The molecule has 1 spiro atoms. The number of nitrogens with one attached hydrogen (secondary N) is 1. The smallest absolute Gasteiger partial charge is 0.335 e. The highest BCUT2D eigenvalue weighted by Gasteiger charge is 2.50. The maximum Gasteiger partial charge on any atom is 0.335 e. The van der Waals surface area contributed by atoms with Crippen molar-refractivity contribution in [1.29, 1.82) is 0 Å². The van der Waals surface area contributed by atoms with E-state index in [1.165, 1.54) is 0 Å². The van der Waals surface area contributed by atoms with E-state index in [4.69, 9.17) is 9.47 Å². The third-order valence-corrected chi connectivity index (χ3v) is 5.09. The molecule has 1 aromatic carbocycles. The summed E-state index contributed by atoms with van der Waals surface area (Å²) in [6.45, 7) is 6.36. The highest BCUT2D eigenvalue weighted by Crippen LogP contribution is 2.41. The van der Waals surface area contributed by atoms with E-state index in [0.29, 0.717) is 35.4 Å². The van der Waals surface area contributed by atoms with Gasteiger partial charge in [-0.25, -0.2) is 4.79 Å². The molecule has 25 heavy (non-hydrogen) atoms. The second kappa shape index (κ2) is 6.88. The number of carbonyl (C=O) groups is 2. The summed E-state index contributed by atoms with van der Waals surface area (Å²) in [6, 6.07) is 7.16. The number of hydrogen-bond acceptors (Lipinski definition) is 5. The molecule has 0 atom stereocenters. The number of rotatable bonds is 4. The summed E-state index contributed by atoms with van der Waals surface area (Å²) in [5.74, 6) is -0.00416. The van der Waals surface area contributed by atoms with Crippen LogP contribution in [0.2, 0.25) is 0 Å². The number of nitrogens with zero attached hydrogens (tertiary/aromatic N) is 1. The van der Waals surface area contributed by atoms with E-state index in [1.807, 2.05) is 12.1 Å². The Hall–Kier alpha value is -2.34. The molecule has 0 aliphatic carbocycles. The van der Waals surface area contributed by atoms with Crippen LogP contribution in [0.1, 0.15) is 26.7 Å². The fourth-order valence-electron chi connectivity index (χ4n) is 3.60. The van der Waals surface area contributed by atoms with Crippen molar-refractivity contribution in [2.24, 2.45) is 0 Å². The van der Waals surface area contributed by atoms with Gasteiger partial charge in [0.1, 0.15) is 11.4 Å². The maximum atomic E-state index is 12.9. The summed E-state index contributed by atoms with van der Waals surface area (Å²) < 4.78 is 10.9. The number of ether oxygens (including phenoxy) is 2. The molecule has 1 fully saturated rings. The molecule has 1 aromatic rings. The third kappa shape index (κ3) is 3.26. The fraction of sp³-hybridized carbons (Fsp3) is 0.474. The predicted molar refractivity (Wildman–Crippen MR) is 94.5 cm³/mol. The van der Waals surface area contributed by atoms with E-state index >= 15 is 0 Å². The molecule has 1 saturated heterocycles. The van der Waals surface area contributed by atoms with Gasteiger partial charge in [0.15, 0.2) is 0 Å². The zero-order valence-corrected chi connectivity index (χ0v) is 14.9. The zero-order chi connectivity index (χ0) is 18.0. The molecule has 134 valence electrons. The molecule has 1 amide bonds. The Morgan fingerprint density at radius 3 is 2.72 bits per heavy atom. The minimum atomic E-state index is -0.796. The molecule has 0 radical (unpaired) electrons.